The number of nitrogens with one attached hydrogen (secondary N) is 1. The van der Waals surface area contributed by atoms with Crippen molar-refractivity contribution in [2.75, 3.05) is 23.7 Å². The number of sulfonamides is 1. The Kier molecular flexibility index (Phi) is 9.43. The first-order valence-electron chi connectivity index (χ1n) is 10.3. The number of alkyl halides is 3. The molecule has 0 saturated heterocycles. The number of hydrogen-bond donors (Lipinski definition) is 1. The van der Waals surface area contributed by atoms with E-state index in [1.807, 2.05) is 0 Å². The number of anilines is 1. The third kappa shape index (κ3) is 7.74. The standard InChI is InChI=1S/C22H24Cl2F3N3O4S/c1-4-28-21(32)14(2)29(12-15-5-7-16(23)8-6-15)20(31)13-30(35(3,33)34)17-9-10-19(24)18(11-17)22(25,26)27/h5-11,14H,4,12-13H2,1-3H3,(H,28,32). The van der Waals surface area contributed by atoms with Crippen molar-refractivity contribution in [2.24, 2.45) is 0 Å². The maximum absolute atomic E-state index is 13.3. The lowest BCUT2D eigenvalue weighted by atomic mass is 10.1. The number of nitrogens with zero attached hydrogens (tertiary/aromatic N) is 2. The number of hydrogen-bond acceptors (Lipinski definition) is 4. The van der Waals surface area contributed by atoms with Gasteiger partial charge in [-0.25, -0.2) is 8.42 Å². The lowest BCUT2D eigenvalue weighted by Gasteiger charge is -2.31. The van der Waals surface area contributed by atoms with Gasteiger partial charge in [0.25, 0.3) is 0 Å². The molecule has 0 aliphatic rings. The molecule has 1 atom stereocenters. The van der Waals surface area contributed by atoms with Gasteiger partial charge in [0.2, 0.25) is 21.8 Å². The van der Waals surface area contributed by atoms with Crippen LogP contribution in [0.2, 0.25) is 10.0 Å². The van der Waals surface area contributed by atoms with Crippen molar-refractivity contribution in [3.05, 3.63) is 63.6 Å². The molecule has 2 amide bonds. The van der Waals surface area contributed by atoms with Gasteiger partial charge in [-0.2, -0.15) is 13.2 Å². The highest BCUT2D eigenvalue weighted by Crippen LogP contribution is 2.37. The van der Waals surface area contributed by atoms with Crippen LogP contribution in [0, 0.1) is 0 Å². The van der Waals surface area contributed by atoms with E-state index in [-0.39, 0.29) is 6.54 Å². The fraction of sp³-hybridized carbons (Fsp3) is 0.364. The van der Waals surface area contributed by atoms with Crippen molar-refractivity contribution in [1.29, 1.82) is 0 Å². The van der Waals surface area contributed by atoms with E-state index in [1.54, 1.807) is 31.2 Å². The summed E-state index contributed by atoms with van der Waals surface area (Å²) < 4.78 is 65.5. The molecule has 35 heavy (non-hydrogen) atoms. The molecule has 2 aromatic rings. The number of likely N-dealkylation sites (N-methyl/N-ethyl adjacent to an activating group) is 1. The number of benzene rings is 2. The van der Waals surface area contributed by atoms with Gasteiger partial charge < -0.3 is 10.2 Å². The van der Waals surface area contributed by atoms with Crippen molar-refractivity contribution < 1.29 is 31.2 Å². The monoisotopic (exact) mass is 553 g/mol. The Morgan fingerprint density at radius 2 is 1.69 bits per heavy atom. The van der Waals surface area contributed by atoms with Gasteiger partial charge in [-0.15, -0.1) is 0 Å². The van der Waals surface area contributed by atoms with Crippen molar-refractivity contribution in [3.8, 4) is 0 Å². The number of amides is 2. The van der Waals surface area contributed by atoms with E-state index in [0.29, 0.717) is 27.5 Å². The summed E-state index contributed by atoms with van der Waals surface area (Å²) in [6, 6.07) is 7.99. The van der Waals surface area contributed by atoms with Crippen molar-refractivity contribution >= 4 is 50.7 Å². The van der Waals surface area contributed by atoms with Crippen LogP contribution < -0.4 is 9.62 Å². The van der Waals surface area contributed by atoms with Gasteiger partial charge in [-0.05, 0) is 49.7 Å². The molecular formula is C22H24Cl2F3N3O4S. The zero-order valence-electron chi connectivity index (χ0n) is 19.1. The van der Waals surface area contributed by atoms with Gasteiger partial charge in [0.15, 0.2) is 0 Å². The lowest BCUT2D eigenvalue weighted by molar-refractivity contribution is -0.139. The first kappa shape index (κ1) is 28.7. The molecular weight excluding hydrogens is 530 g/mol. The molecule has 0 aromatic heterocycles. The molecule has 192 valence electrons. The van der Waals surface area contributed by atoms with Gasteiger partial charge in [-0.1, -0.05) is 35.3 Å². The van der Waals surface area contributed by atoms with E-state index in [4.69, 9.17) is 23.2 Å². The first-order valence-corrected chi connectivity index (χ1v) is 12.9. The molecule has 0 fully saturated rings. The third-order valence-electron chi connectivity index (χ3n) is 5.01. The third-order valence-corrected chi connectivity index (χ3v) is 6.73. The zero-order valence-corrected chi connectivity index (χ0v) is 21.4. The van der Waals surface area contributed by atoms with E-state index >= 15 is 0 Å². The summed E-state index contributed by atoms with van der Waals surface area (Å²) in [5.41, 5.74) is -1.03. The van der Waals surface area contributed by atoms with Gasteiger partial charge in [0.1, 0.15) is 12.6 Å². The van der Waals surface area contributed by atoms with Crippen LogP contribution in [0.5, 0.6) is 0 Å². The van der Waals surface area contributed by atoms with Crippen LogP contribution in [0.15, 0.2) is 42.5 Å². The molecule has 7 nitrogen and oxygen atoms in total. The minimum absolute atomic E-state index is 0.0691. The van der Waals surface area contributed by atoms with Crippen molar-refractivity contribution in [3.63, 3.8) is 0 Å². The minimum Gasteiger partial charge on any atom is -0.355 e. The van der Waals surface area contributed by atoms with E-state index in [9.17, 15) is 31.2 Å². The number of halogens is 5. The molecule has 0 aliphatic carbocycles. The Bertz CT molecular complexity index is 1180. The van der Waals surface area contributed by atoms with Crippen LogP contribution in [-0.2, 0) is 32.3 Å². The molecule has 1 unspecified atom stereocenters. The molecule has 2 aromatic carbocycles. The van der Waals surface area contributed by atoms with Crippen molar-refractivity contribution in [2.45, 2.75) is 32.6 Å². The number of rotatable bonds is 9. The lowest BCUT2D eigenvalue weighted by Crippen LogP contribution is -2.51. The van der Waals surface area contributed by atoms with Gasteiger partial charge >= 0.3 is 6.18 Å². The summed E-state index contributed by atoms with van der Waals surface area (Å²) >= 11 is 11.5. The smallest absolute Gasteiger partial charge is 0.355 e. The maximum atomic E-state index is 13.3. The van der Waals surface area contributed by atoms with Gasteiger partial charge in [0, 0.05) is 18.1 Å². The topological polar surface area (TPSA) is 86.8 Å². The average Bonchev–Trinajstić information content (AvgIpc) is 2.75. The van der Waals surface area contributed by atoms with Crippen LogP contribution in [-0.4, -0.2) is 50.5 Å². The zero-order chi connectivity index (χ0) is 26.6. The molecule has 0 aliphatic heterocycles. The summed E-state index contributed by atoms with van der Waals surface area (Å²) in [6.07, 6.45) is -4.08. The molecule has 0 bridgehead atoms. The molecule has 0 heterocycles. The van der Waals surface area contributed by atoms with Crippen molar-refractivity contribution in [1.82, 2.24) is 10.2 Å². The van der Waals surface area contributed by atoms with Crippen LogP contribution in [0.1, 0.15) is 25.0 Å². The normalized spacial score (nSPS) is 12.7. The van der Waals surface area contributed by atoms with Crippen LogP contribution >= 0.6 is 23.2 Å². The predicted octanol–water partition coefficient (Wildman–Crippen LogP) is 4.33. The van der Waals surface area contributed by atoms with E-state index < -0.39 is 56.9 Å². The van der Waals surface area contributed by atoms with E-state index in [2.05, 4.69) is 5.32 Å². The second-order valence-electron chi connectivity index (χ2n) is 7.65. The first-order chi connectivity index (χ1) is 16.1. The second kappa shape index (κ2) is 11.5. The highest BCUT2D eigenvalue weighted by molar-refractivity contribution is 7.92. The molecule has 0 spiro atoms. The Morgan fingerprint density at radius 1 is 1.09 bits per heavy atom. The molecule has 0 saturated carbocycles. The maximum Gasteiger partial charge on any atom is 0.417 e. The SMILES string of the molecule is CCNC(=O)C(C)N(Cc1ccc(Cl)cc1)C(=O)CN(c1ccc(Cl)c(C(F)(F)F)c1)S(C)(=O)=O. The van der Waals surface area contributed by atoms with E-state index in [0.717, 1.165) is 23.3 Å². The number of carbonyl (C=O) groups excluding carboxylic acids is 2. The van der Waals surface area contributed by atoms with Gasteiger partial charge in [0.05, 0.1) is 22.5 Å². The largest absolute Gasteiger partial charge is 0.417 e. The quantitative estimate of drug-likeness (QED) is 0.500. The Labute approximate surface area is 211 Å². The Hall–Kier alpha value is -2.50. The molecule has 13 heteroatoms. The summed E-state index contributed by atoms with van der Waals surface area (Å²) in [5, 5.41) is 2.43. The highest BCUT2D eigenvalue weighted by Gasteiger charge is 2.35. The fourth-order valence-corrected chi connectivity index (χ4v) is 4.38. The Morgan fingerprint density at radius 3 is 2.20 bits per heavy atom. The second-order valence-corrected chi connectivity index (χ2v) is 10.4. The summed E-state index contributed by atoms with van der Waals surface area (Å²) in [5.74, 6) is -1.28. The molecule has 2 rings (SSSR count). The fourth-order valence-electron chi connectivity index (χ4n) is 3.19. The van der Waals surface area contributed by atoms with E-state index in [1.165, 1.54) is 6.92 Å². The molecule has 1 N–H and O–H groups in total. The molecule has 0 radical (unpaired) electrons. The van der Waals surface area contributed by atoms with Gasteiger partial charge in [-0.3, -0.25) is 13.9 Å². The van der Waals surface area contributed by atoms with Crippen LogP contribution in [0.25, 0.3) is 0 Å². The minimum atomic E-state index is -4.84. The summed E-state index contributed by atoms with van der Waals surface area (Å²) in [4.78, 5) is 26.9. The summed E-state index contributed by atoms with van der Waals surface area (Å²) in [7, 11) is -4.20. The highest BCUT2D eigenvalue weighted by atomic mass is 35.5. The average molecular weight is 554 g/mol. The van der Waals surface area contributed by atoms with Crippen LogP contribution in [0.4, 0.5) is 18.9 Å². The summed E-state index contributed by atoms with van der Waals surface area (Å²) in [6.45, 7) is 2.55. The Balaban J connectivity index is 2.46. The predicted molar refractivity (Wildman–Crippen MR) is 129 cm³/mol. The number of carbonyl (C=O) groups is 2. The van der Waals surface area contributed by atoms with Crippen LogP contribution in [0.3, 0.4) is 0 Å².